The van der Waals surface area contributed by atoms with Gasteiger partial charge in [-0.1, -0.05) is 0 Å². The molecule has 0 bridgehead atoms. The number of aliphatic imine (C=N–C) groups is 1. The Morgan fingerprint density at radius 3 is 2.71 bits per heavy atom. The van der Waals surface area contributed by atoms with Crippen LogP contribution in [0.4, 0.5) is 0 Å². The molecule has 170 valence electrons. The fraction of sp³-hybridized carbons (Fsp3) is 0.652. The third-order valence-electron chi connectivity index (χ3n) is 6.12. The predicted molar refractivity (Wildman–Crippen MR) is 119 cm³/mol. The van der Waals surface area contributed by atoms with Crippen molar-refractivity contribution in [3.63, 3.8) is 0 Å². The first-order valence-corrected chi connectivity index (χ1v) is 11.4. The summed E-state index contributed by atoms with van der Waals surface area (Å²) in [5.74, 6) is 2.81. The van der Waals surface area contributed by atoms with Gasteiger partial charge < -0.3 is 29.3 Å². The van der Waals surface area contributed by atoms with E-state index in [1.165, 1.54) is 5.56 Å². The first-order valence-electron chi connectivity index (χ1n) is 11.4. The number of nitrogens with one attached hydrogen (secondary N) is 1. The third-order valence-corrected chi connectivity index (χ3v) is 6.12. The van der Waals surface area contributed by atoms with Crippen LogP contribution in [0.2, 0.25) is 0 Å². The van der Waals surface area contributed by atoms with Crippen LogP contribution >= 0.6 is 0 Å². The number of piperazine rings is 1. The number of carbonyl (C=O) groups excluding carboxylic acids is 1. The summed E-state index contributed by atoms with van der Waals surface area (Å²) >= 11 is 0. The molecule has 3 aliphatic rings. The zero-order valence-corrected chi connectivity index (χ0v) is 18.9. The molecule has 8 nitrogen and oxygen atoms in total. The first-order chi connectivity index (χ1) is 15.1. The van der Waals surface area contributed by atoms with Gasteiger partial charge in [-0.05, 0) is 38.8 Å². The van der Waals surface area contributed by atoms with Crippen molar-refractivity contribution >= 4 is 11.9 Å². The van der Waals surface area contributed by atoms with Crippen molar-refractivity contribution in [2.75, 3.05) is 46.4 Å². The minimum atomic E-state index is -0.245. The second-order valence-electron chi connectivity index (χ2n) is 8.35. The summed E-state index contributed by atoms with van der Waals surface area (Å²) in [5, 5.41) is 3.47. The number of benzene rings is 1. The van der Waals surface area contributed by atoms with E-state index in [4.69, 9.17) is 14.2 Å². The van der Waals surface area contributed by atoms with Gasteiger partial charge >= 0.3 is 0 Å². The minimum Gasteiger partial charge on any atom is -0.494 e. The van der Waals surface area contributed by atoms with Gasteiger partial charge in [0.15, 0.2) is 5.96 Å². The Bertz CT molecular complexity index is 814. The smallest absolute Gasteiger partial charge is 0.251 e. The van der Waals surface area contributed by atoms with Crippen molar-refractivity contribution in [3.8, 4) is 11.5 Å². The molecule has 1 aromatic rings. The Labute approximate surface area is 184 Å². The molecule has 0 aliphatic carbocycles. The normalized spacial score (nSPS) is 23.5. The lowest BCUT2D eigenvalue weighted by Gasteiger charge is -2.37. The Hall–Kier alpha value is -2.48. The van der Waals surface area contributed by atoms with Crippen LogP contribution in [0.3, 0.4) is 0 Å². The van der Waals surface area contributed by atoms with E-state index in [1.807, 2.05) is 11.8 Å². The van der Waals surface area contributed by atoms with E-state index in [2.05, 4.69) is 34.3 Å². The molecule has 0 saturated carbocycles. The highest BCUT2D eigenvalue weighted by molar-refractivity contribution is 5.83. The van der Waals surface area contributed by atoms with Crippen molar-refractivity contribution < 1.29 is 19.0 Å². The van der Waals surface area contributed by atoms with Crippen LogP contribution in [0, 0.1) is 0 Å². The summed E-state index contributed by atoms with van der Waals surface area (Å²) in [4.78, 5) is 21.2. The Balaban J connectivity index is 1.35. The van der Waals surface area contributed by atoms with Gasteiger partial charge in [-0.15, -0.1) is 0 Å². The third kappa shape index (κ3) is 4.89. The Kier molecular flexibility index (Phi) is 6.85. The highest BCUT2D eigenvalue weighted by Crippen LogP contribution is 2.35. The van der Waals surface area contributed by atoms with Gasteiger partial charge in [0.2, 0.25) is 0 Å². The lowest BCUT2D eigenvalue weighted by Crippen LogP contribution is -2.55. The maximum atomic E-state index is 12.6. The van der Waals surface area contributed by atoms with Crippen LogP contribution in [0.1, 0.15) is 37.8 Å². The van der Waals surface area contributed by atoms with E-state index in [0.717, 1.165) is 55.4 Å². The molecular formula is C23H34N4O4. The van der Waals surface area contributed by atoms with Crippen molar-refractivity contribution in [2.45, 2.75) is 51.9 Å². The monoisotopic (exact) mass is 430 g/mol. The molecule has 0 aromatic heterocycles. The zero-order valence-electron chi connectivity index (χ0n) is 18.9. The molecule has 2 fully saturated rings. The first kappa shape index (κ1) is 21.7. The largest absolute Gasteiger partial charge is 0.494 e. The number of fused-ring (bicyclic) bond motifs is 1. The zero-order chi connectivity index (χ0) is 21.8. The van der Waals surface area contributed by atoms with Gasteiger partial charge in [0.25, 0.3) is 5.91 Å². The fourth-order valence-corrected chi connectivity index (χ4v) is 4.53. The van der Waals surface area contributed by atoms with E-state index in [-0.39, 0.29) is 18.1 Å². The average Bonchev–Trinajstić information content (AvgIpc) is 3.43. The fourth-order valence-electron chi connectivity index (χ4n) is 4.53. The standard InChI is InChI=1S/C23H34N4O4/c1-4-29-20-13-17-12-16(2)31-21(17)14-18(20)15-25-23(24-3)27-9-7-26(8-10-27)22(28)19-6-5-11-30-19/h13-14,16,19H,4-12,15H2,1-3H3,(H,24,25). The highest BCUT2D eigenvalue weighted by Gasteiger charge is 2.31. The molecule has 31 heavy (non-hydrogen) atoms. The highest BCUT2D eigenvalue weighted by atomic mass is 16.5. The number of nitrogens with zero attached hydrogens (tertiary/aromatic N) is 3. The van der Waals surface area contributed by atoms with Crippen LogP contribution in [-0.4, -0.2) is 80.3 Å². The molecule has 2 saturated heterocycles. The summed E-state index contributed by atoms with van der Waals surface area (Å²) < 4.78 is 17.4. The van der Waals surface area contributed by atoms with Gasteiger partial charge in [-0.25, -0.2) is 0 Å². The van der Waals surface area contributed by atoms with Crippen LogP contribution in [0.25, 0.3) is 0 Å². The molecule has 2 atom stereocenters. The molecule has 4 rings (SSSR count). The molecule has 1 amide bonds. The Morgan fingerprint density at radius 2 is 2.03 bits per heavy atom. The summed E-state index contributed by atoms with van der Waals surface area (Å²) in [7, 11) is 1.79. The van der Waals surface area contributed by atoms with Gasteiger partial charge in [0.1, 0.15) is 23.7 Å². The average molecular weight is 431 g/mol. The molecule has 2 unspecified atom stereocenters. The van der Waals surface area contributed by atoms with Crippen molar-refractivity contribution in [1.82, 2.24) is 15.1 Å². The number of hydrogen-bond donors (Lipinski definition) is 1. The van der Waals surface area contributed by atoms with E-state index in [1.54, 1.807) is 7.05 Å². The van der Waals surface area contributed by atoms with Gasteiger partial charge in [0.05, 0.1) is 6.61 Å². The maximum absolute atomic E-state index is 12.6. The number of ether oxygens (including phenoxy) is 3. The van der Waals surface area contributed by atoms with Crippen molar-refractivity contribution in [1.29, 1.82) is 0 Å². The SMILES string of the molecule is CCOc1cc2c(cc1CNC(=NC)N1CCN(C(=O)C3CCCO3)CC1)OC(C)C2. The minimum absolute atomic E-state index is 0.133. The van der Waals surface area contributed by atoms with E-state index >= 15 is 0 Å². The number of hydrogen-bond acceptors (Lipinski definition) is 5. The quantitative estimate of drug-likeness (QED) is 0.567. The van der Waals surface area contributed by atoms with Crippen molar-refractivity contribution in [2.24, 2.45) is 4.99 Å². The molecule has 0 radical (unpaired) electrons. The van der Waals surface area contributed by atoms with Crippen LogP contribution in [-0.2, 0) is 22.5 Å². The molecule has 3 aliphatic heterocycles. The number of carbonyl (C=O) groups is 1. The van der Waals surface area contributed by atoms with Crippen LogP contribution in [0.5, 0.6) is 11.5 Å². The van der Waals surface area contributed by atoms with E-state index in [0.29, 0.717) is 32.8 Å². The summed E-state index contributed by atoms with van der Waals surface area (Å²) in [6.07, 6.45) is 2.69. The molecule has 0 spiro atoms. The van der Waals surface area contributed by atoms with Crippen molar-refractivity contribution in [3.05, 3.63) is 23.3 Å². The molecule has 1 aromatic carbocycles. The second-order valence-corrected chi connectivity index (χ2v) is 8.35. The lowest BCUT2D eigenvalue weighted by atomic mass is 10.1. The molecule has 3 heterocycles. The van der Waals surface area contributed by atoms with Gasteiger partial charge in [0, 0.05) is 63.9 Å². The summed E-state index contributed by atoms with van der Waals surface area (Å²) in [6, 6.07) is 4.19. The molecular weight excluding hydrogens is 396 g/mol. The van der Waals surface area contributed by atoms with Crippen LogP contribution < -0.4 is 14.8 Å². The van der Waals surface area contributed by atoms with E-state index < -0.39 is 0 Å². The lowest BCUT2D eigenvalue weighted by molar-refractivity contribution is -0.142. The number of rotatable bonds is 5. The number of amides is 1. The second kappa shape index (κ2) is 9.77. The number of guanidine groups is 1. The summed E-state index contributed by atoms with van der Waals surface area (Å²) in [6.45, 7) is 8.89. The van der Waals surface area contributed by atoms with E-state index in [9.17, 15) is 4.79 Å². The molecule has 8 heteroatoms. The van der Waals surface area contributed by atoms with Gasteiger partial charge in [-0.2, -0.15) is 0 Å². The maximum Gasteiger partial charge on any atom is 0.251 e. The van der Waals surface area contributed by atoms with Crippen LogP contribution in [0.15, 0.2) is 17.1 Å². The molecule has 1 N–H and O–H groups in total. The summed E-state index contributed by atoms with van der Waals surface area (Å²) in [5.41, 5.74) is 2.26. The topological polar surface area (TPSA) is 75.6 Å². The van der Waals surface area contributed by atoms with Gasteiger partial charge in [-0.3, -0.25) is 9.79 Å². The predicted octanol–water partition coefficient (Wildman–Crippen LogP) is 1.81. The Morgan fingerprint density at radius 1 is 1.26 bits per heavy atom.